The number of thiophene rings is 1. The highest BCUT2D eigenvalue weighted by Gasteiger charge is 2.19. The van der Waals surface area contributed by atoms with Crippen LogP contribution in [0, 0.1) is 5.82 Å². The van der Waals surface area contributed by atoms with Gasteiger partial charge in [-0.3, -0.25) is 4.79 Å². The topological polar surface area (TPSA) is 33.2 Å². The van der Waals surface area contributed by atoms with Crippen molar-refractivity contribution in [3.8, 4) is 0 Å². The Balaban J connectivity index is 1.81. The van der Waals surface area contributed by atoms with Crippen LogP contribution in [-0.2, 0) is 17.8 Å². The van der Waals surface area contributed by atoms with Crippen LogP contribution < -0.4 is 4.90 Å². The van der Waals surface area contributed by atoms with Crippen molar-refractivity contribution in [3.05, 3.63) is 68.6 Å². The third-order valence-corrected chi connectivity index (χ3v) is 5.78. The van der Waals surface area contributed by atoms with E-state index in [1.807, 2.05) is 22.9 Å². The second-order valence-corrected chi connectivity index (χ2v) is 7.97. The Morgan fingerprint density at radius 3 is 2.56 bits per heavy atom. The molecule has 0 N–H and O–H groups in total. The van der Waals surface area contributed by atoms with Crippen LogP contribution in [0.25, 0.3) is 0 Å². The molecule has 2 heterocycles. The van der Waals surface area contributed by atoms with Crippen LogP contribution in [0.5, 0.6) is 0 Å². The molecule has 0 aliphatic carbocycles. The molecule has 0 saturated carbocycles. The smallest absolute Gasteiger partial charge is 0.233 e. The molecule has 3 nitrogen and oxygen atoms in total. The highest BCUT2D eigenvalue weighted by atomic mass is 32.1. The molecule has 0 bridgehead atoms. The lowest BCUT2D eigenvalue weighted by molar-refractivity contribution is -0.118. The maximum atomic E-state index is 13.2. The van der Waals surface area contributed by atoms with Crippen molar-refractivity contribution in [1.82, 2.24) is 4.98 Å². The Bertz CT molecular complexity index is 825. The van der Waals surface area contributed by atoms with Crippen LogP contribution in [0.2, 0.25) is 0 Å². The molecule has 0 spiro atoms. The van der Waals surface area contributed by atoms with Crippen molar-refractivity contribution in [1.29, 1.82) is 0 Å². The number of amides is 1. The Morgan fingerprint density at radius 2 is 1.96 bits per heavy atom. The molecule has 0 saturated heterocycles. The second kappa shape index (κ2) is 7.89. The Labute approximate surface area is 154 Å². The Morgan fingerprint density at radius 1 is 1.20 bits per heavy atom. The molecule has 2 aromatic heterocycles. The normalized spacial score (nSPS) is 11.0. The van der Waals surface area contributed by atoms with Gasteiger partial charge < -0.3 is 4.90 Å². The van der Waals surface area contributed by atoms with E-state index in [2.05, 4.69) is 18.8 Å². The van der Waals surface area contributed by atoms with Gasteiger partial charge in [0, 0.05) is 21.9 Å². The van der Waals surface area contributed by atoms with Crippen molar-refractivity contribution < 1.29 is 9.18 Å². The van der Waals surface area contributed by atoms with E-state index in [1.54, 1.807) is 39.7 Å². The zero-order chi connectivity index (χ0) is 17.8. The van der Waals surface area contributed by atoms with E-state index in [0.717, 1.165) is 15.6 Å². The molecular formula is C19H19FN2OS2. The summed E-state index contributed by atoms with van der Waals surface area (Å²) in [6, 6.07) is 9.99. The summed E-state index contributed by atoms with van der Waals surface area (Å²) in [6.45, 7) is 4.65. The molecule has 3 aromatic rings. The summed E-state index contributed by atoms with van der Waals surface area (Å²) in [6.07, 6.45) is 0.242. The van der Waals surface area contributed by atoms with Gasteiger partial charge in [0.15, 0.2) is 0 Å². The summed E-state index contributed by atoms with van der Waals surface area (Å²) in [5.74, 6) is 0.00198. The molecule has 25 heavy (non-hydrogen) atoms. The molecule has 0 aliphatic rings. The standard InChI is InChI=1S/C19H19FN2OS2/c1-13(2)19-21-15(12-25-19)10-18(23)22(11-17-4-3-9-24-17)16-7-5-14(20)6-8-16/h3-9,12-13H,10-11H2,1-2H3. The fraction of sp³-hybridized carbons (Fsp3) is 0.263. The molecule has 0 fully saturated rings. The average molecular weight is 375 g/mol. The molecule has 1 amide bonds. The maximum Gasteiger partial charge on any atom is 0.233 e. The van der Waals surface area contributed by atoms with Gasteiger partial charge in [0.2, 0.25) is 5.91 Å². The quantitative estimate of drug-likeness (QED) is 0.591. The van der Waals surface area contributed by atoms with E-state index in [1.165, 1.54) is 12.1 Å². The molecule has 130 valence electrons. The van der Waals surface area contributed by atoms with Gasteiger partial charge in [-0.2, -0.15) is 0 Å². The minimum atomic E-state index is -0.312. The van der Waals surface area contributed by atoms with Gasteiger partial charge in [0.1, 0.15) is 5.82 Å². The minimum Gasteiger partial charge on any atom is -0.307 e. The lowest BCUT2D eigenvalue weighted by Crippen LogP contribution is -2.31. The average Bonchev–Trinajstić information content (AvgIpc) is 3.25. The first-order valence-electron chi connectivity index (χ1n) is 8.05. The summed E-state index contributed by atoms with van der Waals surface area (Å²) >= 11 is 3.18. The minimum absolute atomic E-state index is 0.0411. The fourth-order valence-electron chi connectivity index (χ4n) is 2.42. The van der Waals surface area contributed by atoms with Crippen molar-refractivity contribution in [2.75, 3.05) is 4.90 Å². The molecular weight excluding hydrogens is 355 g/mol. The van der Waals surface area contributed by atoms with Crippen LogP contribution >= 0.6 is 22.7 Å². The first-order chi connectivity index (χ1) is 12.0. The van der Waals surface area contributed by atoms with E-state index in [0.29, 0.717) is 18.2 Å². The number of thiazole rings is 1. The first kappa shape index (κ1) is 17.8. The van der Waals surface area contributed by atoms with E-state index in [-0.39, 0.29) is 18.1 Å². The SMILES string of the molecule is CC(C)c1nc(CC(=O)N(Cc2cccs2)c2ccc(F)cc2)cs1. The predicted molar refractivity (Wildman–Crippen MR) is 102 cm³/mol. The van der Waals surface area contributed by atoms with E-state index in [4.69, 9.17) is 0 Å². The molecule has 6 heteroatoms. The van der Waals surface area contributed by atoms with Gasteiger partial charge in [0.25, 0.3) is 0 Å². The summed E-state index contributed by atoms with van der Waals surface area (Å²) in [7, 11) is 0. The van der Waals surface area contributed by atoms with Gasteiger partial charge in [-0.1, -0.05) is 19.9 Å². The number of nitrogens with zero attached hydrogens (tertiary/aromatic N) is 2. The number of anilines is 1. The fourth-order valence-corrected chi connectivity index (χ4v) is 3.95. The number of rotatable bonds is 6. The molecule has 0 aliphatic heterocycles. The molecule has 1 aromatic carbocycles. The van der Waals surface area contributed by atoms with Crippen molar-refractivity contribution in [3.63, 3.8) is 0 Å². The Hall–Kier alpha value is -2.05. The van der Waals surface area contributed by atoms with Crippen molar-refractivity contribution in [2.24, 2.45) is 0 Å². The highest BCUT2D eigenvalue weighted by Crippen LogP contribution is 2.23. The predicted octanol–water partition coefficient (Wildman–Crippen LogP) is 5.24. The maximum absolute atomic E-state index is 13.2. The lowest BCUT2D eigenvalue weighted by Gasteiger charge is -2.22. The van der Waals surface area contributed by atoms with Gasteiger partial charge in [-0.15, -0.1) is 22.7 Å². The van der Waals surface area contributed by atoms with Crippen LogP contribution in [0.4, 0.5) is 10.1 Å². The van der Waals surface area contributed by atoms with Gasteiger partial charge in [0.05, 0.1) is 23.7 Å². The zero-order valence-corrected chi connectivity index (χ0v) is 15.7. The summed E-state index contributed by atoms with van der Waals surface area (Å²) in [5.41, 5.74) is 1.48. The molecule has 0 atom stereocenters. The second-order valence-electron chi connectivity index (χ2n) is 6.04. The number of aromatic nitrogens is 1. The number of benzene rings is 1. The van der Waals surface area contributed by atoms with Crippen molar-refractivity contribution >= 4 is 34.3 Å². The summed E-state index contributed by atoms with van der Waals surface area (Å²) in [5, 5.41) is 4.97. The number of hydrogen-bond acceptors (Lipinski definition) is 4. The third-order valence-electron chi connectivity index (χ3n) is 3.73. The van der Waals surface area contributed by atoms with E-state index < -0.39 is 0 Å². The van der Waals surface area contributed by atoms with Gasteiger partial charge >= 0.3 is 0 Å². The number of carbonyl (C=O) groups excluding carboxylic acids is 1. The van der Waals surface area contributed by atoms with Crippen molar-refractivity contribution in [2.45, 2.75) is 32.7 Å². The van der Waals surface area contributed by atoms with Crippen LogP contribution in [0.3, 0.4) is 0 Å². The lowest BCUT2D eigenvalue weighted by atomic mass is 10.2. The first-order valence-corrected chi connectivity index (χ1v) is 9.81. The third kappa shape index (κ3) is 4.52. The summed E-state index contributed by atoms with van der Waals surface area (Å²) < 4.78 is 13.2. The molecule has 0 unspecified atom stereocenters. The van der Waals surface area contributed by atoms with E-state index >= 15 is 0 Å². The van der Waals surface area contributed by atoms with Crippen LogP contribution in [-0.4, -0.2) is 10.9 Å². The van der Waals surface area contributed by atoms with Gasteiger partial charge in [-0.25, -0.2) is 9.37 Å². The van der Waals surface area contributed by atoms with E-state index in [9.17, 15) is 9.18 Å². The zero-order valence-electron chi connectivity index (χ0n) is 14.1. The largest absolute Gasteiger partial charge is 0.307 e. The highest BCUT2D eigenvalue weighted by molar-refractivity contribution is 7.10. The number of hydrogen-bond donors (Lipinski definition) is 0. The monoisotopic (exact) mass is 374 g/mol. The van der Waals surface area contributed by atoms with Crippen LogP contribution in [0.1, 0.15) is 35.3 Å². The summed E-state index contributed by atoms with van der Waals surface area (Å²) in [4.78, 5) is 20.2. The number of carbonyl (C=O) groups is 1. The van der Waals surface area contributed by atoms with Crippen LogP contribution in [0.15, 0.2) is 47.2 Å². The molecule has 3 rings (SSSR count). The number of halogens is 1. The Kier molecular flexibility index (Phi) is 5.60. The molecule has 0 radical (unpaired) electrons. The van der Waals surface area contributed by atoms with Gasteiger partial charge in [-0.05, 0) is 35.7 Å².